The summed E-state index contributed by atoms with van der Waals surface area (Å²) in [5, 5.41) is 0. The van der Waals surface area contributed by atoms with Crippen LogP contribution in [0.2, 0.25) is 0 Å². The van der Waals surface area contributed by atoms with E-state index in [1.807, 2.05) is 20.8 Å². The van der Waals surface area contributed by atoms with Crippen LogP contribution in [0, 0.1) is 0 Å². The molecule has 1 rings (SSSR count). The van der Waals surface area contributed by atoms with Gasteiger partial charge in [-0.2, -0.15) is 0 Å². The first-order valence-corrected chi connectivity index (χ1v) is 6.75. The summed E-state index contributed by atoms with van der Waals surface area (Å²) < 4.78 is 52.8. The van der Waals surface area contributed by atoms with Crippen LogP contribution in [0.15, 0.2) is 16.6 Å². The maximum absolute atomic E-state index is 11.5. The lowest BCUT2D eigenvalue weighted by molar-refractivity contribution is -0.132. The molecule has 0 aliphatic heterocycles. The minimum atomic E-state index is -2.84. The van der Waals surface area contributed by atoms with E-state index in [1.54, 1.807) is 6.07 Å². The molecule has 0 radical (unpaired) electrons. The Hall–Kier alpha value is -0.830. The highest BCUT2D eigenvalue weighted by molar-refractivity contribution is 9.10. The lowest BCUT2D eigenvalue weighted by Crippen LogP contribution is -2.19. The van der Waals surface area contributed by atoms with Crippen molar-refractivity contribution in [2.75, 3.05) is 0 Å². The third kappa shape index (κ3) is 4.07. The zero-order valence-electron chi connectivity index (χ0n) is 17.8. The van der Waals surface area contributed by atoms with Crippen LogP contribution in [0.3, 0.4) is 0 Å². The van der Waals surface area contributed by atoms with Crippen molar-refractivity contribution in [1.29, 1.82) is 0 Å². The van der Waals surface area contributed by atoms with Gasteiger partial charge in [0, 0.05) is 20.7 Å². The van der Waals surface area contributed by atoms with Crippen LogP contribution in [0.5, 0.6) is 5.75 Å². The Kier molecular flexibility index (Phi) is 2.55. The Bertz CT molecular complexity index is 657. The van der Waals surface area contributed by atoms with Crippen molar-refractivity contribution < 1.29 is 17.8 Å². The molecule has 0 spiro atoms. The fraction of sp³-hybridized carbons (Fsp3) is 0.562. The SMILES string of the molecule is [2H]C([2H])([2H])C(C)(c1cc(C(C)(C)C)cc(Br)c1OC(C)=O)C([2H])([2H])[2H]. The molecule has 0 heterocycles. The number of carbonyl (C=O) groups excluding carboxylic acids is 1. The number of ether oxygens (including phenoxy) is 1. The van der Waals surface area contributed by atoms with E-state index in [9.17, 15) is 4.79 Å². The Morgan fingerprint density at radius 1 is 1.21 bits per heavy atom. The van der Waals surface area contributed by atoms with Crippen molar-refractivity contribution in [3.8, 4) is 5.75 Å². The highest BCUT2D eigenvalue weighted by Crippen LogP contribution is 2.40. The molecule has 0 N–H and O–H groups in total. The lowest BCUT2D eigenvalue weighted by atomic mass is 9.80. The number of benzene rings is 1. The number of hydrogen-bond donors (Lipinski definition) is 0. The van der Waals surface area contributed by atoms with Crippen molar-refractivity contribution >= 4 is 21.9 Å². The molecule has 1 aromatic carbocycles. The molecule has 0 aliphatic rings. The van der Waals surface area contributed by atoms with Crippen LogP contribution in [0.25, 0.3) is 0 Å². The van der Waals surface area contributed by atoms with Crippen molar-refractivity contribution in [2.24, 2.45) is 0 Å². The van der Waals surface area contributed by atoms with Crippen molar-refractivity contribution in [3.63, 3.8) is 0 Å². The monoisotopic (exact) mass is 332 g/mol. The first-order chi connectivity index (χ1) is 10.9. The van der Waals surface area contributed by atoms with Gasteiger partial charge in [-0.3, -0.25) is 4.79 Å². The molecule has 0 unspecified atom stereocenters. The zero-order valence-corrected chi connectivity index (χ0v) is 13.4. The molecular formula is C16H23BrO2. The molecule has 0 fully saturated rings. The van der Waals surface area contributed by atoms with E-state index in [1.165, 1.54) is 13.0 Å². The summed E-state index contributed by atoms with van der Waals surface area (Å²) in [6, 6.07) is 3.23. The summed E-state index contributed by atoms with van der Waals surface area (Å²) in [6.07, 6.45) is 0. The molecular weight excluding hydrogens is 304 g/mol. The third-order valence-corrected chi connectivity index (χ3v) is 3.28. The van der Waals surface area contributed by atoms with E-state index in [4.69, 9.17) is 13.0 Å². The molecule has 0 aliphatic carbocycles. The maximum atomic E-state index is 11.5. The van der Waals surface area contributed by atoms with E-state index in [2.05, 4.69) is 15.9 Å². The molecule has 2 nitrogen and oxygen atoms in total. The Morgan fingerprint density at radius 2 is 1.79 bits per heavy atom. The number of rotatable bonds is 1. The summed E-state index contributed by atoms with van der Waals surface area (Å²) in [5.41, 5.74) is -1.89. The van der Waals surface area contributed by atoms with Gasteiger partial charge in [0.2, 0.25) is 0 Å². The molecule has 1 aromatic rings. The highest BCUT2D eigenvalue weighted by atomic mass is 79.9. The summed E-state index contributed by atoms with van der Waals surface area (Å²) in [4.78, 5) is 11.5. The minimum Gasteiger partial charge on any atom is -0.425 e. The molecule has 0 atom stereocenters. The predicted molar refractivity (Wildman–Crippen MR) is 82.9 cm³/mol. The lowest BCUT2D eigenvalue weighted by Gasteiger charge is -2.27. The number of esters is 1. The molecule has 3 heteroatoms. The maximum Gasteiger partial charge on any atom is 0.308 e. The van der Waals surface area contributed by atoms with Gasteiger partial charge in [-0.15, -0.1) is 0 Å². The van der Waals surface area contributed by atoms with Gasteiger partial charge in [0.05, 0.1) is 4.47 Å². The van der Waals surface area contributed by atoms with E-state index >= 15 is 0 Å². The van der Waals surface area contributed by atoms with Gasteiger partial charge in [-0.1, -0.05) is 47.5 Å². The average molecular weight is 333 g/mol. The second-order valence-electron chi connectivity index (χ2n) is 5.80. The zero-order chi connectivity index (χ0) is 20.0. The van der Waals surface area contributed by atoms with Gasteiger partial charge in [-0.05, 0) is 38.4 Å². The van der Waals surface area contributed by atoms with Crippen molar-refractivity contribution in [1.82, 2.24) is 0 Å². The molecule has 0 bridgehead atoms. The summed E-state index contributed by atoms with van der Waals surface area (Å²) in [6.45, 7) is 2.42. The van der Waals surface area contributed by atoms with Gasteiger partial charge in [0.25, 0.3) is 0 Å². The fourth-order valence-electron chi connectivity index (χ4n) is 1.65. The van der Waals surface area contributed by atoms with E-state index in [0.29, 0.717) is 4.47 Å². The summed E-state index contributed by atoms with van der Waals surface area (Å²) >= 11 is 3.30. The summed E-state index contributed by atoms with van der Waals surface area (Å²) in [5.74, 6) is -0.737. The van der Waals surface area contributed by atoms with E-state index in [0.717, 1.165) is 12.5 Å². The van der Waals surface area contributed by atoms with E-state index in [-0.39, 0.29) is 16.7 Å². The van der Waals surface area contributed by atoms with Crippen LogP contribution in [-0.4, -0.2) is 5.97 Å². The quantitative estimate of drug-likeness (QED) is 0.536. The van der Waals surface area contributed by atoms with E-state index < -0.39 is 25.1 Å². The Balaban J connectivity index is 3.97. The average Bonchev–Trinajstić information content (AvgIpc) is 2.35. The smallest absolute Gasteiger partial charge is 0.308 e. The van der Waals surface area contributed by atoms with Crippen LogP contribution < -0.4 is 4.74 Å². The predicted octanol–water partition coefficient (Wildman–Crippen LogP) is 4.97. The molecule has 106 valence electrons. The van der Waals surface area contributed by atoms with Crippen molar-refractivity contribution in [2.45, 2.75) is 59.2 Å². The van der Waals surface area contributed by atoms with Gasteiger partial charge in [0.1, 0.15) is 5.75 Å². The second-order valence-corrected chi connectivity index (χ2v) is 6.66. The second kappa shape index (κ2) is 5.28. The number of halogens is 1. The first kappa shape index (κ1) is 9.17. The molecule has 0 amide bonds. The fourth-order valence-corrected chi connectivity index (χ4v) is 2.19. The third-order valence-electron chi connectivity index (χ3n) is 2.69. The first-order valence-electron chi connectivity index (χ1n) is 8.96. The molecule has 0 aromatic heterocycles. The van der Waals surface area contributed by atoms with Gasteiger partial charge < -0.3 is 4.74 Å². The van der Waals surface area contributed by atoms with Gasteiger partial charge >= 0.3 is 5.97 Å². The molecule has 0 saturated carbocycles. The van der Waals surface area contributed by atoms with Crippen LogP contribution in [0.4, 0.5) is 0 Å². The van der Waals surface area contributed by atoms with Gasteiger partial charge in [0.15, 0.2) is 0 Å². The van der Waals surface area contributed by atoms with Gasteiger partial charge in [-0.25, -0.2) is 0 Å². The number of hydrogen-bond acceptors (Lipinski definition) is 2. The Morgan fingerprint density at radius 3 is 2.21 bits per heavy atom. The van der Waals surface area contributed by atoms with Crippen molar-refractivity contribution in [3.05, 3.63) is 27.7 Å². The normalized spacial score (nSPS) is 18.4. The molecule has 19 heavy (non-hydrogen) atoms. The number of carbonyl (C=O) groups is 1. The minimum absolute atomic E-state index is 0.0398. The molecule has 0 saturated heterocycles. The van der Waals surface area contributed by atoms with Crippen LogP contribution in [0.1, 0.15) is 67.7 Å². The highest BCUT2D eigenvalue weighted by Gasteiger charge is 2.26. The topological polar surface area (TPSA) is 26.3 Å². The van der Waals surface area contributed by atoms with Crippen LogP contribution in [-0.2, 0) is 15.6 Å². The van der Waals surface area contributed by atoms with Crippen LogP contribution >= 0.6 is 15.9 Å². The standard InChI is InChI=1S/C16H23BrO2/c1-10(18)19-14-12(16(5,6)7)8-11(9-13(14)17)15(2,3)4/h8-9H,1-7H3/i5D3,6D3. The largest absolute Gasteiger partial charge is 0.425 e. The summed E-state index contributed by atoms with van der Waals surface area (Å²) in [7, 11) is 0. The Labute approximate surface area is 133 Å².